The van der Waals surface area contributed by atoms with Gasteiger partial charge in [-0.2, -0.15) is 0 Å². The van der Waals surface area contributed by atoms with Gasteiger partial charge in [0.2, 0.25) is 5.91 Å². The van der Waals surface area contributed by atoms with Gasteiger partial charge in [-0.15, -0.1) is 0 Å². The monoisotopic (exact) mass is 420 g/mol. The molecule has 0 spiro atoms. The number of hydrogen-bond donors (Lipinski definition) is 1. The Labute approximate surface area is 180 Å². The number of aromatic nitrogens is 1. The second-order valence-corrected chi connectivity index (χ2v) is 6.74. The number of ether oxygens (including phenoxy) is 2. The fourth-order valence-corrected chi connectivity index (χ4v) is 2.84. The number of carbonyl (C=O) groups is 2. The summed E-state index contributed by atoms with van der Waals surface area (Å²) in [6.45, 7) is 2.43. The molecule has 31 heavy (non-hydrogen) atoms. The first-order valence-electron chi connectivity index (χ1n) is 9.83. The quantitative estimate of drug-likeness (QED) is 0.417. The summed E-state index contributed by atoms with van der Waals surface area (Å²) in [6, 6.07) is 17.2. The van der Waals surface area contributed by atoms with Crippen LogP contribution in [0.2, 0.25) is 0 Å². The van der Waals surface area contributed by atoms with Crippen molar-refractivity contribution >= 4 is 18.0 Å². The van der Waals surface area contributed by atoms with Crippen LogP contribution in [0.3, 0.4) is 0 Å². The highest BCUT2D eigenvalue weighted by Crippen LogP contribution is 2.26. The van der Waals surface area contributed by atoms with Crippen LogP contribution in [0.4, 0.5) is 0 Å². The van der Waals surface area contributed by atoms with E-state index in [2.05, 4.69) is 15.2 Å². The Balaban J connectivity index is 1.54. The molecular formula is C24H24N2O5. The first-order chi connectivity index (χ1) is 15.1. The van der Waals surface area contributed by atoms with Crippen LogP contribution in [0.1, 0.15) is 23.3 Å². The van der Waals surface area contributed by atoms with Crippen molar-refractivity contribution in [3.63, 3.8) is 0 Å². The van der Waals surface area contributed by atoms with E-state index in [-0.39, 0.29) is 24.8 Å². The highest BCUT2D eigenvalue weighted by molar-refractivity contribution is 5.91. The summed E-state index contributed by atoms with van der Waals surface area (Å²) in [5, 5.41) is 6.78. The first-order valence-corrected chi connectivity index (χ1v) is 9.83. The highest BCUT2D eigenvalue weighted by Gasteiger charge is 2.15. The van der Waals surface area contributed by atoms with Crippen molar-refractivity contribution in [2.24, 2.45) is 0 Å². The minimum absolute atomic E-state index is 0.139. The van der Waals surface area contributed by atoms with E-state index < -0.39 is 0 Å². The average molecular weight is 420 g/mol. The molecule has 160 valence electrons. The lowest BCUT2D eigenvalue weighted by molar-refractivity contribution is -0.140. The van der Waals surface area contributed by atoms with Gasteiger partial charge < -0.3 is 19.3 Å². The van der Waals surface area contributed by atoms with E-state index in [1.807, 2.05) is 61.5 Å². The third-order valence-electron chi connectivity index (χ3n) is 4.58. The number of hydrogen-bond acceptors (Lipinski definition) is 6. The van der Waals surface area contributed by atoms with Gasteiger partial charge in [0.15, 0.2) is 0 Å². The minimum atomic E-state index is -0.364. The molecule has 2 aromatic carbocycles. The van der Waals surface area contributed by atoms with Gasteiger partial charge in [0, 0.05) is 18.2 Å². The number of aryl methyl sites for hydroxylation is 1. The van der Waals surface area contributed by atoms with Crippen molar-refractivity contribution in [1.29, 1.82) is 0 Å². The maximum Gasteiger partial charge on any atom is 0.307 e. The molecule has 0 atom stereocenters. The van der Waals surface area contributed by atoms with Crippen LogP contribution in [0, 0.1) is 6.92 Å². The molecule has 0 bridgehead atoms. The molecule has 1 heterocycles. The Hall–Kier alpha value is -3.87. The zero-order chi connectivity index (χ0) is 22.1. The van der Waals surface area contributed by atoms with Gasteiger partial charge in [-0.1, -0.05) is 47.6 Å². The Bertz CT molecular complexity index is 1040. The molecule has 1 N–H and O–H groups in total. The van der Waals surface area contributed by atoms with E-state index in [1.54, 1.807) is 6.08 Å². The number of carbonyl (C=O) groups excluding carboxylic acids is 2. The summed E-state index contributed by atoms with van der Waals surface area (Å²) in [5.74, 6) is 0.772. The molecule has 0 radical (unpaired) electrons. The molecular weight excluding hydrogens is 396 g/mol. The number of amides is 1. The van der Waals surface area contributed by atoms with Crippen LogP contribution >= 0.6 is 0 Å². The number of esters is 1. The molecule has 3 rings (SSSR count). The molecule has 1 aromatic heterocycles. The second-order valence-electron chi connectivity index (χ2n) is 6.74. The largest absolute Gasteiger partial charge is 0.489 e. The van der Waals surface area contributed by atoms with Crippen molar-refractivity contribution in [2.45, 2.75) is 20.0 Å². The van der Waals surface area contributed by atoms with E-state index in [1.165, 1.54) is 13.2 Å². The summed E-state index contributed by atoms with van der Waals surface area (Å²) < 4.78 is 15.8. The van der Waals surface area contributed by atoms with E-state index in [0.29, 0.717) is 12.4 Å². The zero-order valence-corrected chi connectivity index (χ0v) is 17.5. The molecule has 3 aromatic rings. The predicted molar refractivity (Wildman–Crippen MR) is 116 cm³/mol. The Morgan fingerprint density at radius 1 is 1.10 bits per heavy atom. The summed E-state index contributed by atoms with van der Waals surface area (Å²) in [6.07, 6.45) is 3.24. The third-order valence-corrected chi connectivity index (χ3v) is 4.58. The summed E-state index contributed by atoms with van der Waals surface area (Å²) in [7, 11) is 1.31. The van der Waals surface area contributed by atoms with E-state index in [0.717, 1.165) is 28.1 Å². The summed E-state index contributed by atoms with van der Waals surface area (Å²) >= 11 is 0. The lowest BCUT2D eigenvalue weighted by Crippen LogP contribution is -2.24. The van der Waals surface area contributed by atoms with Crippen molar-refractivity contribution < 1.29 is 23.6 Å². The normalized spacial score (nSPS) is 10.8. The smallest absolute Gasteiger partial charge is 0.307 e. The highest BCUT2D eigenvalue weighted by atomic mass is 16.5. The van der Waals surface area contributed by atoms with E-state index in [9.17, 15) is 9.59 Å². The minimum Gasteiger partial charge on any atom is -0.489 e. The standard InChI is InChI=1S/C24H24N2O5/c1-17-21(24(26-31-17)19-6-4-3-5-7-19)16-30-20-11-8-18(9-12-20)10-13-22(27)25-15-14-23(28)29-2/h3-13H,14-16H2,1-2H3,(H,25,27)/b13-10+. The van der Waals surface area contributed by atoms with Crippen LogP contribution < -0.4 is 10.1 Å². The van der Waals surface area contributed by atoms with Crippen molar-refractivity contribution in [3.05, 3.63) is 77.6 Å². The maximum absolute atomic E-state index is 11.8. The number of benzene rings is 2. The molecule has 0 fully saturated rings. The van der Waals surface area contributed by atoms with E-state index in [4.69, 9.17) is 9.26 Å². The zero-order valence-electron chi connectivity index (χ0n) is 17.5. The molecule has 0 aliphatic rings. The molecule has 0 saturated heterocycles. The fraction of sp³-hybridized carbons (Fsp3) is 0.208. The van der Waals surface area contributed by atoms with Crippen molar-refractivity contribution in [1.82, 2.24) is 10.5 Å². The van der Waals surface area contributed by atoms with Crippen LogP contribution in [0.5, 0.6) is 5.75 Å². The van der Waals surface area contributed by atoms with Gasteiger partial charge in [0.25, 0.3) is 0 Å². The number of nitrogens with zero attached hydrogens (tertiary/aromatic N) is 1. The van der Waals surface area contributed by atoms with Gasteiger partial charge in [0.1, 0.15) is 23.8 Å². The second kappa shape index (κ2) is 10.8. The fourth-order valence-electron chi connectivity index (χ4n) is 2.84. The lowest BCUT2D eigenvalue weighted by Gasteiger charge is -2.07. The molecule has 1 amide bonds. The summed E-state index contributed by atoms with van der Waals surface area (Å²) in [4.78, 5) is 22.8. The number of methoxy groups -OCH3 is 1. The molecule has 0 aliphatic carbocycles. The van der Waals surface area contributed by atoms with Crippen molar-refractivity contribution in [3.8, 4) is 17.0 Å². The van der Waals surface area contributed by atoms with Gasteiger partial charge in [-0.25, -0.2) is 0 Å². The van der Waals surface area contributed by atoms with Gasteiger partial charge in [-0.05, 0) is 30.7 Å². The Morgan fingerprint density at radius 3 is 2.55 bits per heavy atom. The van der Waals surface area contributed by atoms with Crippen LogP contribution in [0.25, 0.3) is 17.3 Å². The lowest BCUT2D eigenvalue weighted by atomic mass is 10.1. The summed E-state index contributed by atoms with van der Waals surface area (Å²) in [5.41, 5.74) is 3.50. The number of rotatable bonds is 9. The van der Waals surface area contributed by atoms with Gasteiger partial charge >= 0.3 is 5.97 Å². The predicted octanol–water partition coefficient (Wildman–Crippen LogP) is 3.92. The van der Waals surface area contributed by atoms with Crippen molar-refractivity contribution in [2.75, 3.05) is 13.7 Å². The first kappa shape index (κ1) is 21.8. The van der Waals surface area contributed by atoms with Crippen LogP contribution in [0.15, 0.2) is 65.2 Å². The number of nitrogens with one attached hydrogen (secondary N) is 1. The molecule has 0 saturated carbocycles. The van der Waals surface area contributed by atoms with Crippen LogP contribution in [-0.2, 0) is 20.9 Å². The maximum atomic E-state index is 11.8. The molecule has 7 nitrogen and oxygen atoms in total. The molecule has 0 unspecified atom stereocenters. The SMILES string of the molecule is COC(=O)CCNC(=O)/C=C/c1ccc(OCc2c(-c3ccccc3)noc2C)cc1. The van der Waals surface area contributed by atoms with Gasteiger partial charge in [-0.3, -0.25) is 9.59 Å². The van der Waals surface area contributed by atoms with Gasteiger partial charge in [0.05, 0.1) is 19.1 Å². The Morgan fingerprint density at radius 2 is 1.84 bits per heavy atom. The molecule has 0 aliphatic heterocycles. The average Bonchev–Trinajstić information content (AvgIpc) is 3.17. The molecule has 7 heteroatoms. The van der Waals surface area contributed by atoms with E-state index >= 15 is 0 Å². The third kappa shape index (κ3) is 6.30. The Kier molecular flexibility index (Phi) is 7.59. The topological polar surface area (TPSA) is 90.7 Å². The van der Waals surface area contributed by atoms with Crippen LogP contribution in [-0.4, -0.2) is 30.7 Å².